The molecule has 0 radical (unpaired) electrons. The monoisotopic (exact) mass is 421 g/mol. The third kappa shape index (κ3) is 4.22. The Morgan fingerprint density at radius 3 is 2.55 bits per heavy atom. The molecule has 0 fully saturated rings. The summed E-state index contributed by atoms with van der Waals surface area (Å²) < 4.78 is 10.7. The zero-order chi connectivity index (χ0) is 21.8. The number of aromatic nitrogens is 1. The SMILES string of the molecule is Cc1c(C(=O)NNC(=O)c2ccco2)oc2c1/C(=N/NC(=O)c1ccncc1)CCC2. The van der Waals surface area contributed by atoms with Gasteiger partial charge in [0, 0.05) is 35.5 Å². The van der Waals surface area contributed by atoms with Crippen LogP contribution in [0.4, 0.5) is 0 Å². The zero-order valence-electron chi connectivity index (χ0n) is 16.6. The zero-order valence-corrected chi connectivity index (χ0v) is 16.6. The van der Waals surface area contributed by atoms with Crippen LogP contribution in [0.5, 0.6) is 0 Å². The molecule has 0 bridgehead atoms. The Morgan fingerprint density at radius 2 is 1.81 bits per heavy atom. The Kier molecular flexibility index (Phi) is 5.61. The minimum absolute atomic E-state index is 0.0649. The van der Waals surface area contributed by atoms with Gasteiger partial charge in [0.25, 0.3) is 5.91 Å². The second kappa shape index (κ2) is 8.66. The van der Waals surface area contributed by atoms with Gasteiger partial charge in [0.15, 0.2) is 11.5 Å². The molecule has 158 valence electrons. The van der Waals surface area contributed by atoms with Crippen LogP contribution < -0.4 is 16.3 Å². The molecule has 0 aliphatic heterocycles. The normalized spacial score (nSPS) is 14.0. The minimum atomic E-state index is -0.605. The highest BCUT2D eigenvalue weighted by molar-refractivity contribution is 6.07. The molecule has 31 heavy (non-hydrogen) atoms. The van der Waals surface area contributed by atoms with Crippen molar-refractivity contribution in [2.45, 2.75) is 26.2 Å². The first-order valence-corrected chi connectivity index (χ1v) is 9.58. The first-order chi connectivity index (χ1) is 15.0. The third-order valence-electron chi connectivity index (χ3n) is 4.80. The smallest absolute Gasteiger partial charge is 0.305 e. The number of pyridine rings is 1. The van der Waals surface area contributed by atoms with Gasteiger partial charge in [0.1, 0.15) is 5.76 Å². The van der Waals surface area contributed by atoms with E-state index in [4.69, 9.17) is 8.83 Å². The number of carbonyl (C=O) groups excluding carboxylic acids is 3. The first kappa shape index (κ1) is 20.1. The van der Waals surface area contributed by atoms with Gasteiger partial charge in [-0.1, -0.05) is 0 Å². The minimum Gasteiger partial charge on any atom is -0.459 e. The van der Waals surface area contributed by atoms with Crippen molar-refractivity contribution in [1.82, 2.24) is 21.3 Å². The molecule has 3 heterocycles. The lowest BCUT2D eigenvalue weighted by Gasteiger charge is -2.13. The van der Waals surface area contributed by atoms with E-state index in [1.165, 1.54) is 24.7 Å². The summed E-state index contributed by atoms with van der Waals surface area (Å²) in [5, 5.41) is 4.27. The van der Waals surface area contributed by atoms with E-state index in [0.717, 1.165) is 6.42 Å². The van der Waals surface area contributed by atoms with Crippen LogP contribution in [0.3, 0.4) is 0 Å². The Hall–Kier alpha value is -4.21. The van der Waals surface area contributed by atoms with Crippen LogP contribution in [-0.4, -0.2) is 28.4 Å². The molecule has 1 aliphatic carbocycles. The van der Waals surface area contributed by atoms with Gasteiger partial charge in [-0.2, -0.15) is 5.10 Å². The Labute approximate surface area is 176 Å². The highest BCUT2D eigenvalue weighted by Crippen LogP contribution is 2.29. The van der Waals surface area contributed by atoms with Crippen molar-refractivity contribution in [2.24, 2.45) is 5.10 Å². The first-order valence-electron chi connectivity index (χ1n) is 9.58. The summed E-state index contributed by atoms with van der Waals surface area (Å²) in [5.74, 6) is -0.805. The number of nitrogens with zero attached hydrogens (tertiary/aromatic N) is 2. The maximum atomic E-state index is 12.5. The van der Waals surface area contributed by atoms with Gasteiger partial charge < -0.3 is 8.83 Å². The van der Waals surface area contributed by atoms with E-state index in [1.54, 1.807) is 25.1 Å². The molecule has 0 saturated carbocycles. The number of furan rings is 2. The number of hydrogen-bond acceptors (Lipinski definition) is 7. The van der Waals surface area contributed by atoms with Gasteiger partial charge >= 0.3 is 11.8 Å². The molecule has 10 heteroatoms. The summed E-state index contributed by atoms with van der Waals surface area (Å²) in [6.45, 7) is 1.73. The van der Waals surface area contributed by atoms with Crippen LogP contribution in [0.1, 0.15) is 61.2 Å². The van der Waals surface area contributed by atoms with Crippen LogP contribution in [-0.2, 0) is 6.42 Å². The summed E-state index contributed by atoms with van der Waals surface area (Å²) >= 11 is 0. The molecule has 4 rings (SSSR count). The van der Waals surface area contributed by atoms with E-state index in [-0.39, 0.29) is 17.4 Å². The van der Waals surface area contributed by atoms with Crippen molar-refractivity contribution in [1.29, 1.82) is 0 Å². The van der Waals surface area contributed by atoms with Gasteiger partial charge in [0.05, 0.1) is 12.0 Å². The lowest BCUT2D eigenvalue weighted by atomic mass is 9.93. The van der Waals surface area contributed by atoms with Crippen molar-refractivity contribution >= 4 is 23.4 Å². The lowest BCUT2D eigenvalue weighted by Crippen LogP contribution is -2.41. The summed E-state index contributed by atoms with van der Waals surface area (Å²) in [4.78, 5) is 40.6. The number of aryl methyl sites for hydroxylation is 1. The second-order valence-corrected chi connectivity index (χ2v) is 6.83. The van der Waals surface area contributed by atoms with Gasteiger partial charge in [-0.15, -0.1) is 0 Å². The average molecular weight is 421 g/mol. The quantitative estimate of drug-likeness (QED) is 0.552. The highest BCUT2D eigenvalue weighted by atomic mass is 16.4. The average Bonchev–Trinajstić information content (AvgIpc) is 3.45. The number of hydrazine groups is 1. The molecular formula is C21H19N5O5. The van der Waals surface area contributed by atoms with Crippen molar-refractivity contribution in [2.75, 3.05) is 0 Å². The number of amides is 3. The Balaban J connectivity index is 1.49. The maximum Gasteiger partial charge on any atom is 0.305 e. The Morgan fingerprint density at radius 1 is 1.03 bits per heavy atom. The van der Waals surface area contributed by atoms with Crippen molar-refractivity contribution in [3.8, 4) is 0 Å². The molecule has 0 atom stereocenters. The van der Waals surface area contributed by atoms with Gasteiger partial charge in [-0.05, 0) is 44.0 Å². The largest absolute Gasteiger partial charge is 0.459 e. The molecule has 0 saturated heterocycles. The van der Waals surface area contributed by atoms with E-state index in [9.17, 15) is 14.4 Å². The van der Waals surface area contributed by atoms with Crippen LogP contribution in [0.2, 0.25) is 0 Å². The molecule has 0 aromatic carbocycles. The van der Waals surface area contributed by atoms with E-state index in [1.807, 2.05) is 0 Å². The van der Waals surface area contributed by atoms with Crippen molar-refractivity contribution in [3.63, 3.8) is 0 Å². The van der Waals surface area contributed by atoms with E-state index < -0.39 is 11.8 Å². The number of nitrogens with one attached hydrogen (secondary N) is 3. The molecule has 3 aromatic heterocycles. The summed E-state index contributed by atoms with van der Waals surface area (Å²) in [7, 11) is 0. The Bertz CT molecular complexity index is 1150. The third-order valence-corrected chi connectivity index (χ3v) is 4.80. The number of hydrogen-bond donors (Lipinski definition) is 3. The fourth-order valence-corrected chi connectivity index (χ4v) is 3.32. The summed E-state index contributed by atoms with van der Waals surface area (Å²) in [6, 6.07) is 6.21. The van der Waals surface area contributed by atoms with Gasteiger partial charge in [0.2, 0.25) is 0 Å². The van der Waals surface area contributed by atoms with Crippen LogP contribution in [0, 0.1) is 6.92 Å². The summed E-state index contributed by atoms with van der Waals surface area (Å²) in [5.41, 5.74) is 9.48. The maximum absolute atomic E-state index is 12.5. The van der Waals surface area contributed by atoms with E-state index >= 15 is 0 Å². The predicted molar refractivity (Wildman–Crippen MR) is 108 cm³/mol. The molecule has 0 spiro atoms. The van der Waals surface area contributed by atoms with E-state index in [2.05, 4.69) is 26.4 Å². The second-order valence-electron chi connectivity index (χ2n) is 6.83. The fraction of sp³-hybridized carbons (Fsp3) is 0.190. The fourth-order valence-electron chi connectivity index (χ4n) is 3.32. The number of carbonyl (C=O) groups is 3. The number of hydrazone groups is 1. The van der Waals surface area contributed by atoms with Gasteiger partial charge in [-0.25, -0.2) is 5.43 Å². The molecule has 3 N–H and O–H groups in total. The molecular weight excluding hydrogens is 402 g/mol. The number of fused-ring (bicyclic) bond motifs is 1. The van der Waals surface area contributed by atoms with Gasteiger partial charge in [-0.3, -0.25) is 30.2 Å². The predicted octanol–water partition coefficient (Wildman–Crippen LogP) is 2.12. The lowest BCUT2D eigenvalue weighted by molar-refractivity contribution is 0.0815. The highest BCUT2D eigenvalue weighted by Gasteiger charge is 2.28. The van der Waals surface area contributed by atoms with Crippen LogP contribution in [0.25, 0.3) is 0 Å². The van der Waals surface area contributed by atoms with Crippen LogP contribution in [0.15, 0.2) is 56.9 Å². The van der Waals surface area contributed by atoms with E-state index in [0.29, 0.717) is 41.0 Å². The molecule has 3 amide bonds. The number of rotatable bonds is 4. The molecule has 0 unspecified atom stereocenters. The van der Waals surface area contributed by atoms with Crippen LogP contribution >= 0.6 is 0 Å². The summed E-state index contributed by atoms with van der Waals surface area (Å²) in [6.07, 6.45) is 6.43. The topological polar surface area (TPSA) is 139 Å². The molecule has 1 aliphatic rings. The standard InChI is InChI=1S/C21H19N5O5/c1-12-17-14(23-24-19(27)13-7-9-22-10-8-13)4-2-5-15(17)31-18(12)21(29)26-25-20(28)16-6-3-11-30-16/h3,6-11H,2,4-5H2,1H3,(H,24,27)(H,25,28)(H,26,29)/b23-14+. The van der Waals surface area contributed by atoms with Crippen molar-refractivity contribution in [3.05, 3.63) is 76.9 Å². The molecule has 10 nitrogen and oxygen atoms in total. The molecule has 3 aromatic rings. The van der Waals surface area contributed by atoms with Crippen molar-refractivity contribution < 1.29 is 23.2 Å².